The van der Waals surface area contributed by atoms with Crippen LogP contribution in [0.5, 0.6) is 0 Å². The third kappa shape index (κ3) is 17.9. The van der Waals surface area contributed by atoms with Crippen molar-refractivity contribution < 1.29 is 14.6 Å². The molecule has 0 aromatic carbocycles. The first kappa shape index (κ1) is 19.9. The molecule has 0 aromatic heterocycles. The van der Waals surface area contributed by atoms with Crippen LogP contribution in [0.15, 0.2) is 0 Å². The summed E-state index contributed by atoms with van der Waals surface area (Å²) >= 11 is 0. The van der Waals surface area contributed by atoms with E-state index in [4.69, 9.17) is 9.84 Å². The first-order valence-electron chi connectivity index (χ1n) is 8.68. The largest absolute Gasteiger partial charge is 0.371 e. The van der Waals surface area contributed by atoms with Crippen LogP contribution < -0.4 is 0 Å². The number of rotatable bonds is 17. The molecule has 1 N–H and O–H groups in total. The Balaban J connectivity index is 2.89. The van der Waals surface area contributed by atoms with Gasteiger partial charge in [-0.2, -0.15) is 0 Å². The van der Waals surface area contributed by atoms with Crippen LogP contribution in [0.25, 0.3) is 0 Å². The minimum Gasteiger partial charge on any atom is -0.371 e. The molecule has 0 spiro atoms. The van der Waals surface area contributed by atoms with E-state index < -0.39 is 0 Å². The highest BCUT2D eigenvalue weighted by molar-refractivity contribution is 4.48. The second-order valence-electron chi connectivity index (χ2n) is 5.60. The van der Waals surface area contributed by atoms with Gasteiger partial charge in [-0.25, -0.2) is 0 Å². The molecule has 0 atom stereocenters. The topological polar surface area (TPSA) is 38.7 Å². The highest BCUT2D eigenvalue weighted by Crippen LogP contribution is 2.12. The van der Waals surface area contributed by atoms with Crippen LogP contribution in [0, 0.1) is 0 Å². The molecule has 0 amide bonds. The lowest BCUT2D eigenvalue weighted by atomic mass is 10.0. The minimum absolute atomic E-state index is 0.217. The number of aliphatic hydroxyl groups is 1. The van der Waals surface area contributed by atoms with Gasteiger partial charge >= 0.3 is 0 Å². The molecule has 0 radical (unpaired) electrons. The monoisotopic (exact) mass is 288 g/mol. The third-order valence-corrected chi connectivity index (χ3v) is 3.65. The lowest BCUT2D eigenvalue weighted by molar-refractivity contribution is -0.108. The fourth-order valence-electron chi connectivity index (χ4n) is 2.38. The number of hydrogen-bond acceptors (Lipinski definition) is 3. The summed E-state index contributed by atoms with van der Waals surface area (Å²) in [7, 11) is 0. The zero-order valence-corrected chi connectivity index (χ0v) is 13.6. The lowest BCUT2D eigenvalue weighted by Crippen LogP contribution is -2.02. The smallest absolute Gasteiger partial charge is 0.149 e. The molecule has 0 aliphatic rings. The van der Waals surface area contributed by atoms with Crippen molar-refractivity contribution in [3.63, 3.8) is 0 Å². The first-order valence-corrected chi connectivity index (χ1v) is 8.68. The van der Waals surface area contributed by atoms with E-state index in [1.807, 2.05) is 0 Å². The van der Waals surface area contributed by atoms with E-state index in [-0.39, 0.29) is 13.6 Å². The quantitative estimate of drug-likeness (QED) is 0.302. The number of ether oxygens (including phenoxy) is 2. The van der Waals surface area contributed by atoms with E-state index in [2.05, 4.69) is 11.7 Å². The van der Waals surface area contributed by atoms with Gasteiger partial charge in [0.05, 0.1) is 0 Å². The third-order valence-electron chi connectivity index (χ3n) is 3.65. The first-order chi connectivity index (χ1) is 9.91. The van der Waals surface area contributed by atoms with Crippen LogP contribution in [0.3, 0.4) is 0 Å². The Kier molecular flexibility index (Phi) is 18.8. The van der Waals surface area contributed by atoms with E-state index in [0.29, 0.717) is 0 Å². The zero-order valence-electron chi connectivity index (χ0n) is 13.6. The summed E-state index contributed by atoms with van der Waals surface area (Å²) in [5, 5.41) is 8.38. The fraction of sp³-hybridized carbons (Fsp3) is 1.00. The van der Waals surface area contributed by atoms with Crippen molar-refractivity contribution in [2.24, 2.45) is 0 Å². The van der Waals surface area contributed by atoms with Crippen molar-refractivity contribution in [3.8, 4) is 0 Å². The van der Waals surface area contributed by atoms with Crippen molar-refractivity contribution in [3.05, 3.63) is 0 Å². The van der Waals surface area contributed by atoms with Gasteiger partial charge in [0, 0.05) is 6.61 Å². The van der Waals surface area contributed by atoms with Gasteiger partial charge in [0.25, 0.3) is 0 Å². The number of hydrogen-bond donors (Lipinski definition) is 1. The number of aliphatic hydroxyl groups excluding tert-OH is 1. The molecule has 122 valence electrons. The molecule has 0 fully saturated rings. The Morgan fingerprint density at radius 1 is 0.600 bits per heavy atom. The molecule has 3 heteroatoms. The molecule has 0 saturated heterocycles. The SMILES string of the molecule is CCCCCCCCCCCCCCCOCOCO. The second kappa shape index (κ2) is 18.9. The highest BCUT2D eigenvalue weighted by atomic mass is 16.7. The van der Waals surface area contributed by atoms with Crippen molar-refractivity contribution in [1.82, 2.24) is 0 Å². The highest BCUT2D eigenvalue weighted by Gasteiger charge is 1.94. The van der Waals surface area contributed by atoms with Crippen LogP contribution in [-0.4, -0.2) is 25.3 Å². The predicted octanol–water partition coefficient (Wildman–Crippen LogP) is 5.02. The van der Waals surface area contributed by atoms with Gasteiger partial charge in [0.15, 0.2) is 0 Å². The van der Waals surface area contributed by atoms with Crippen molar-refractivity contribution in [2.45, 2.75) is 90.4 Å². The van der Waals surface area contributed by atoms with Crippen molar-refractivity contribution >= 4 is 0 Å². The van der Waals surface area contributed by atoms with Gasteiger partial charge < -0.3 is 14.6 Å². The van der Waals surface area contributed by atoms with Gasteiger partial charge in [-0.15, -0.1) is 0 Å². The van der Waals surface area contributed by atoms with Gasteiger partial charge in [-0.1, -0.05) is 84.0 Å². The van der Waals surface area contributed by atoms with E-state index in [1.165, 1.54) is 77.0 Å². The Bertz CT molecular complexity index is 144. The standard InChI is InChI=1S/C17H36O3/c1-2-3-4-5-6-7-8-9-10-11-12-13-14-15-19-17-20-16-18/h18H,2-17H2,1H3. The predicted molar refractivity (Wildman–Crippen MR) is 84.7 cm³/mol. The normalized spacial score (nSPS) is 11.1. The minimum atomic E-state index is -0.251. The Morgan fingerprint density at radius 2 is 1.05 bits per heavy atom. The molecule has 0 unspecified atom stereocenters. The van der Waals surface area contributed by atoms with Crippen LogP contribution in [0.1, 0.15) is 90.4 Å². The lowest BCUT2D eigenvalue weighted by Gasteiger charge is -2.04. The van der Waals surface area contributed by atoms with Gasteiger partial charge in [-0.3, -0.25) is 0 Å². The molecule has 3 nitrogen and oxygen atoms in total. The maximum absolute atomic E-state index is 8.38. The van der Waals surface area contributed by atoms with E-state index in [9.17, 15) is 0 Å². The Hall–Kier alpha value is -0.120. The fourth-order valence-corrected chi connectivity index (χ4v) is 2.38. The van der Waals surface area contributed by atoms with Crippen molar-refractivity contribution in [1.29, 1.82) is 0 Å². The summed E-state index contributed by atoms with van der Waals surface area (Å²) < 4.78 is 9.87. The van der Waals surface area contributed by atoms with Crippen LogP contribution in [0.4, 0.5) is 0 Å². The van der Waals surface area contributed by atoms with Gasteiger partial charge in [0.2, 0.25) is 0 Å². The Morgan fingerprint density at radius 3 is 1.50 bits per heavy atom. The molecular weight excluding hydrogens is 252 g/mol. The molecule has 0 aliphatic heterocycles. The molecule has 0 aliphatic carbocycles. The average molecular weight is 288 g/mol. The second-order valence-corrected chi connectivity index (χ2v) is 5.60. The van der Waals surface area contributed by atoms with E-state index in [1.54, 1.807) is 0 Å². The van der Waals surface area contributed by atoms with Gasteiger partial charge in [0.1, 0.15) is 13.6 Å². The summed E-state index contributed by atoms with van der Waals surface area (Å²) in [5.74, 6) is 0. The molecular formula is C17H36O3. The zero-order chi connectivity index (χ0) is 14.7. The molecule has 0 heterocycles. The van der Waals surface area contributed by atoms with Crippen LogP contribution in [-0.2, 0) is 9.47 Å². The van der Waals surface area contributed by atoms with Crippen LogP contribution in [0.2, 0.25) is 0 Å². The maximum atomic E-state index is 8.38. The number of unbranched alkanes of at least 4 members (excludes halogenated alkanes) is 12. The van der Waals surface area contributed by atoms with Gasteiger partial charge in [-0.05, 0) is 6.42 Å². The summed E-state index contributed by atoms with van der Waals surface area (Å²) in [6.45, 7) is 2.99. The maximum Gasteiger partial charge on any atom is 0.149 e. The molecule has 0 saturated carbocycles. The molecule has 0 aromatic rings. The van der Waals surface area contributed by atoms with Crippen LogP contribution >= 0.6 is 0 Å². The van der Waals surface area contributed by atoms with E-state index in [0.717, 1.165) is 13.0 Å². The van der Waals surface area contributed by atoms with Crippen molar-refractivity contribution in [2.75, 3.05) is 20.2 Å². The average Bonchev–Trinajstić information content (AvgIpc) is 2.47. The summed E-state index contributed by atoms with van der Waals surface area (Å²) in [6.07, 6.45) is 17.8. The molecule has 0 rings (SSSR count). The summed E-state index contributed by atoms with van der Waals surface area (Å²) in [5.41, 5.74) is 0. The molecule has 0 bridgehead atoms. The van der Waals surface area contributed by atoms with E-state index >= 15 is 0 Å². The molecule has 20 heavy (non-hydrogen) atoms. The summed E-state index contributed by atoms with van der Waals surface area (Å²) in [6, 6.07) is 0. The summed E-state index contributed by atoms with van der Waals surface area (Å²) in [4.78, 5) is 0. The Labute approximate surface area is 126 Å².